The van der Waals surface area contributed by atoms with Crippen molar-refractivity contribution in [1.29, 1.82) is 0 Å². The van der Waals surface area contributed by atoms with Crippen LogP contribution in [0.5, 0.6) is 0 Å². The maximum Gasteiger partial charge on any atom is 0.328 e. The second-order valence-electron chi connectivity index (χ2n) is 10.4. The van der Waals surface area contributed by atoms with Gasteiger partial charge in [-0.2, -0.15) is 0 Å². The lowest BCUT2D eigenvalue weighted by Gasteiger charge is -2.13. The van der Waals surface area contributed by atoms with Crippen LogP contribution in [0.3, 0.4) is 0 Å². The van der Waals surface area contributed by atoms with Gasteiger partial charge in [-0.05, 0) is 55.6 Å². The number of nitrogens with zero attached hydrogens (tertiary/aromatic N) is 1. The molecule has 0 radical (unpaired) electrons. The van der Waals surface area contributed by atoms with Gasteiger partial charge >= 0.3 is 11.9 Å². The normalized spacial score (nSPS) is 11.9. The van der Waals surface area contributed by atoms with E-state index >= 15 is 0 Å². The molecule has 0 aliphatic heterocycles. The number of aliphatic carboxylic acids is 2. The van der Waals surface area contributed by atoms with Gasteiger partial charge in [0.05, 0.1) is 11.4 Å². The van der Waals surface area contributed by atoms with Gasteiger partial charge in [0.15, 0.2) is 0 Å². The number of aromatic nitrogens is 2. The lowest BCUT2D eigenvalue weighted by molar-refractivity contribution is -0.132. The Kier molecular flexibility index (Phi) is 6.29. The van der Waals surface area contributed by atoms with E-state index in [0.29, 0.717) is 0 Å². The molecule has 43 heavy (non-hydrogen) atoms. The van der Waals surface area contributed by atoms with E-state index in [2.05, 4.69) is 59.6 Å². The van der Waals surface area contributed by atoms with Gasteiger partial charge in [0.1, 0.15) is 5.82 Å². The number of carbonyl (C=O) groups is 2. The van der Waals surface area contributed by atoms with Crippen molar-refractivity contribution in [1.82, 2.24) is 9.97 Å². The molecule has 3 N–H and O–H groups in total. The molecule has 7 rings (SSSR count). The van der Waals surface area contributed by atoms with Crippen LogP contribution < -0.4 is 0 Å². The van der Waals surface area contributed by atoms with Crippen LogP contribution in [0.2, 0.25) is 0 Å². The van der Waals surface area contributed by atoms with Gasteiger partial charge < -0.3 is 15.2 Å². The summed E-state index contributed by atoms with van der Waals surface area (Å²) >= 11 is 0. The topological polar surface area (TPSA) is 103 Å². The lowest BCUT2D eigenvalue weighted by Crippen LogP contribution is -1.88. The maximum absolute atomic E-state index is 11.0. The smallest absolute Gasteiger partial charge is 0.328 e. The fraction of sp³-hybridized carbons (Fsp3) is 0. The van der Waals surface area contributed by atoms with Crippen LogP contribution in [0.25, 0.3) is 78.4 Å². The number of hydrogen-bond donors (Lipinski definition) is 3. The molecule has 0 aliphatic rings. The van der Waals surface area contributed by atoms with Gasteiger partial charge in [0.25, 0.3) is 0 Å². The summed E-state index contributed by atoms with van der Waals surface area (Å²) in [5, 5.41) is 25.1. The van der Waals surface area contributed by atoms with Gasteiger partial charge in [-0.25, -0.2) is 14.6 Å². The fourth-order valence-corrected chi connectivity index (χ4v) is 5.71. The summed E-state index contributed by atoms with van der Waals surface area (Å²) in [5.41, 5.74) is 5.87. The molecule has 0 bridgehead atoms. The highest BCUT2D eigenvalue weighted by molar-refractivity contribution is 6.25. The van der Waals surface area contributed by atoms with Gasteiger partial charge in [-0.3, -0.25) is 0 Å². The monoisotopic (exact) mass is 560 g/mol. The second-order valence-corrected chi connectivity index (χ2v) is 10.4. The number of H-pyrrole nitrogens is 1. The number of carboxylic acid groups (broad SMARTS) is 2. The van der Waals surface area contributed by atoms with Crippen LogP contribution in [-0.4, -0.2) is 32.1 Å². The highest BCUT2D eigenvalue weighted by Crippen LogP contribution is 2.40. The zero-order valence-corrected chi connectivity index (χ0v) is 22.8. The largest absolute Gasteiger partial charge is 0.478 e. The molecule has 6 aromatic carbocycles. The molecule has 0 saturated carbocycles. The summed E-state index contributed by atoms with van der Waals surface area (Å²) in [4.78, 5) is 30.7. The molecule has 0 spiro atoms. The molecule has 0 amide bonds. The molecule has 1 aromatic heterocycles. The first-order chi connectivity index (χ1) is 20.9. The first kappa shape index (κ1) is 25.9. The van der Waals surface area contributed by atoms with Crippen molar-refractivity contribution in [2.24, 2.45) is 0 Å². The number of carboxylic acids is 2. The predicted molar refractivity (Wildman–Crippen MR) is 172 cm³/mol. The average Bonchev–Trinajstić information content (AvgIpc) is 3.47. The number of hydrogen-bond acceptors (Lipinski definition) is 3. The molecule has 0 atom stereocenters. The number of aromatic amines is 1. The standard InChI is InChI=1S/C37H24N2O4/c40-31(41)20-8-22-4-10-27(11-5-22)35-36(28-12-6-23(7-13-28)9-21-32(42)43)39-37(38-35)30-19-17-26-15-14-24-2-1-3-25-16-18-29(30)34(26)33(24)25/h1-21H,(H,38,39)(H,40,41)(H,42,43)/b20-8+,21-9+. The minimum Gasteiger partial charge on any atom is -0.478 e. The highest BCUT2D eigenvalue weighted by Gasteiger charge is 2.18. The molecule has 1 heterocycles. The third-order valence-corrected chi connectivity index (χ3v) is 7.71. The van der Waals surface area contributed by atoms with E-state index < -0.39 is 11.9 Å². The average molecular weight is 561 g/mol. The van der Waals surface area contributed by atoms with Crippen molar-refractivity contribution < 1.29 is 19.8 Å². The molecule has 7 aromatic rings. The van der Waals surface area contributed by atoms with E-state index in [1.54, 1.807) is 12.2 Å². The van der Waals surface area contributed by atoms with Crippen molar-refractivity contribution in [3.8, 4) is 33.9 Å². The van der Waals surface area contributed by atoms with Crippen molar-refractivity contribution in [3.05, 3.63) is 126 Å². The zero-order chi connectivity index (χ0) is 29.5. The van der Waals surface area contributed by atoms with E-state index in [4.69, 9.17) is 15.2 Å². The number of rotatable bonds is 7. The van der Waals surface area contributed by atoms with Crippen LogP contribution >= 0.6 is 0 Å². The summed E-state index contributed by atoms with van der Waals surface area (Å²) in [7, 11) is 0. The van der Waals surface area contributed by atoms with Crippen LogP contribution in [-0.2, 0) is 9.59 Å². The number of nitrogens with one attached hydrogen (secondary N) is 1. The molecular weight excluding hydrogens is 536 g/mol. The van der Waals surface area contributed by atoms with E-state index in [1.165, 1.54) is 26.9 Å². The summed E-state index contributed by atoms with van der Waals surface area (Å²) in [6.07, 6.45) is 5.33. The van der Waals surface area contributed by atoms with Crippen molar-refractivity contribution in [3.63, 3.8) is 0 Å². The summed E-state index contributed by atoms with van der Waals surface area (Å²) in [5.74, 6) is -1.27. The minimum absolute atomic E-state index is 0.729. The molecular formula is C37H24N2O4. The van der Waals surface area contributed by atoms with Crippen molar-refractivity contribution >= 4 is 56.4 Å². The fourth-order valence-electron chi connectivity index (χ4n) is 5.71. The van der Waals surface area contributed by atoms with Crippen molar-refractivity contribution in [2.75, 3.05) is 0 Å². The third kappa shape index (κ3) is 4.81. The van der Waals surface area contributed by atoms with Crippen LogP contribution in [0, 0.1) is 0 Å². The Hall–Kier alpha value is -6.01. The zero-order valence-electron chi connectivity index (χ0n) is 22.8. The van der Waals surface area contributed by atoms with Gasteiger partial charge in [0, 0.05) is 28.8 Å². The molecule has 0 fully saturated rings. The Morgan fingerprint density at radius 1 is 0.605 bits per heavy atom. The summed E-state index contributed by atoms with van der Waals surface area (Å²) in [6.45, 7) is 0. The quantitative estimate of drug-likeness (QED) is 0.134. The predicted octanol–water partition coefficient (Wildman–Crippen LogP) is 8.50. The molecule has 206 valence electrons. The Bertz CT molecular complexity index is 2120. The third-order valence-electron chi connectivity index (χ3n) is 7.71. The van der Waals surface area contributed by atoms with E-state index in [-0.39, 0.29) is 0 Å². The summed E-state index contributed by atoms with van der Waals surface area (Å²) < 4.78 is 0. The van der Waals surface area contributed by atoms with E-state index in [0.717, 1.165) is 62.6 Å². The second kappa shape index (κ2) is 10.4. The minimum atomic E-state index is -1.00. The SMILES string of the molecule is O=C(O)/C=C/c1ccc(-c2nc(-c3ccc4ccc5cccc6ccc3c4c56)[nH]c2-c2ccc(/C=C/C(=O)O)cc2)cc1. The summed E-state index contributed by atoms with van der Waals surface area (Å²) in [6, 6.07) is 34.5. The molecule has 6 nitrogen and oxygen atoms in total. The van der Waals surface area contributed by atoms with Crippen LogP contribution in [0.15, 0.2) is 115 Å². The van der Waals surface area contributed by atoms with Gasteiger partial charge in [0.2, 0.25) is 0 Å². The van der Waals surface area contributed by atoms with Crippen molar-refractivity contribution in [2.45, 2.75) is 0 Å². The Balaban J connectivity index is 1.40. The lowest BCUT2D eigenvalue weighted by atomic mass is 9.92. The molecule has 6 heteroatoms. The molecule has 0 saturated heterocycles. The molecule has 0 unspecified atom stereocenters. The van der Waals surface area contributed by atoms with E-state index in [9.17, 15) is 9.59 Å². The van der Waals surface area contributed by atoms with E-state index in [1.807, 2.05) is 48.5 Å². The maximum atomic E-state index is 11.0. The Morgan fingerprint density at radius 3 is 1.74 bits per heavy atom. The Morgan fingerprint density at radius 2 is 1.14 bits per heavy atom. The number of imidazole rings is 1. The van der Waals surface area contributed by atoms with Crippen LogP contribution in [0.4, 0.5) is 0 Å². The van der Waals surface area contributed by atoms with Gasteiger partial charge in [-0.15, -0.1) is 0 Å². The number of benzene rings is 6. The highest BCUT2D eigenvalue weighted by atomic mass is 16.4. The first-order valence-electron chi connectivity index (χ1n) is 13.7. The molecule has 0 aliphatic carbocycles. The Labute approximate surface area is 246 Å². The van der Waals surface area contributed by atoms with Gasteiger partial charge in [-0.1, -0.05) is 103 Å². The van der Waals surface area contributed by atoms with Crippen LogP contribution in [0.1, 0.15) is 11.1 Å². The first-order valence-corrected chi connectivity index (χ1v) is 13.7.